The monoisotopic (exact) mass is 337 g/mol. The van der Waals surface area contributed by atoms with Crippen molar-refractivity contribution in [1.29, 1.82) is 0 Å². The van der Waals surface area contributed by atoms with Crippen LogP contribution < -0.4 is 5.32 Å². The highest BCUT2D eigenvalue weighted by molar-refractivity contribution is 6.29. The number of nitrogens with one attached hydrogen (secondary N) is 1. The molecule has 0 atom stereocenters. The van der Waals surface area contributed by atoms with Crippen molar-refractivity contribution in [3.05, 3.63) is 76.4 Å². The number of rotatable bonds is 3. The number of nitrogens with zero attached hydrogens (tertiary/aromatic N) is 2. The molecule has 0 bridgehead atoms. The molecule has 5 heteroatoms. The number of halogens is 1. The fourth-order valence-electron chi connectivity index (χ4n) is 2.31. The van der Waals surface area contributed by atoms with Crippen LogP contribution in [-0.2, 0) is 0 Å². The van der Waals surface area contributed by atoms with E-state index >= 15 is 0 Å². The molecule has 1 N–H and O–H groups in total. The highest BCUT2D eigenvalue weighted by Crippen LogP contribution is 2.21. The van der Waals surface area contributed by atoms with Crippen molar-refractivity contribution in [2.24, 2.45) is 0 Å². The third-order valence-corrected chi connectivity index (χ3v) is 4.02. The minimum Gasteiger partial charge on any atom is -0.322 e. The molecule has 1 aromatic heterocycles. The Morgan fingerprint density at radius 1 is 0.958 bits per heavy atom. The van der Waals surface area contributed by atoms with E-state index in [-0.39, 0.29) is 5.91 Å². The largest absolute Gasteiger partial charge is 0.322 e. The summed E-state index contributed by atoms with van der Waals surface area (Å²) >= 11 is 5.76. The second kappa shape index (κ2) is 6.81. The van der Waals surface area contributed by atoms with Gasteiger partial charge in [-0.15, -0.1) is 10.2 Å². The molecule has 0 aliphatic carbocycles. The molecular weight excluding hydrogens is 322 g/mol. The number of carbonyl (C=O) groups excluding carboxylic acids is 1. The van der Waals surface area contributed by atoms with Gasteiger partial charge in [-0.3, -0.25) is 4.79 Å². The van der Waals surface area contributed by atoms with Gasteiger partial charge in [0.05, 0.1) is 5.69 Å². The van der Waals surface area contributed by atoms with Gasteiger partial charge in [0.1, 0.15) is 0 Å². The van der Waals surface area contributed by atoms with Crippen molar-refractivity contribution < 1.29 is 4.79 Å². The molecule has 2 aromatic carbocycles. The summed E-state index contributed by atoms with van der Waals surface area (Å²) in [5.41, 5.74) is 5.14. The van der Waals surface area contributed by atoms with E-state index in [9.17, 15) is 4.79 Å². The minimum absolute atomic E-state index is 0.141. The quantitative estimate of drug-likeness (QED) is 0.755. The predicted molar refractivity (Wildman–Crippen MR) is 96.3 cm³/mol. The van der Waals surface area contributed by atoms with Crippen LogP contribution in [0.25, 0.3) is 11.3 Å². The normalized spacial score (nSPS) is 10.5. The Morgan fingerprint density at radius 2 is 1.79 bits per heavy atom. The van der Waals surface area contributed by atoms with E-state index in [1.54, 1.807) is 12.1 Å². The standard InChI is InChI=1S/C19H16ClN3O/c1-12-6-7-15(10-13(12)2)19(24)21-16-5-3-4-14(11-16)17-8-9-18(20)23-22-17/h3-11H,1-2H3,(H,21,24). The molecular formula is C19H16ClN3O. The fourth-order valence-corrected chi connectivity index (χ4v) is 2.41. The summed E-state index contributed by atoms with van der Waals surface area (Å²) in [6.45, 7) is 4.01. The molecule has 1 heterocycles. The third-order valence-electron chi connectivity index (χ3n) is 3.82. The summed E-state index contributed by atoms with van der Waals surface area (Å²) in [7, 11) is 0. The van der Waals surface area contributed by atoms with E-state index in [2.05, 4.69) is 15.5 Å². The van der Waals surface area contributed by atoms with Crippen LogP contribution in [0.5, 0.6) is 0 Å². The average molecular weight is 338 g/mol. The van der Waals surface area contributed by atoms with Crippen molar-refractivity contribution in [3.8, 4) is 11.3 Å². The second-order valence-electron chi connectivity index (χ2n) is 5.58. The Bertz CT molecular complexity index is 891. The molecule has 4 nitrogen and oxygen atoms in total. The van der Waals surface area contributed by atoms with E-state index < -0.39 is 0 Å². The molecule has 24 heavy (non-hydrogen) atoms. The van der Waals surface area contributed by atoms with Gasteiger partial charge in [0.2, 0.25) is 0 Å². The van der Waals surface area contributed by atoms with Crippen molar-refractivity contribution in [1.82, 2.24) is 10.2 Å². The number of amides is 1. The van der Waals surface area contributed by atoms with E-state index in [0.717, 1.165) is 16.7 Å². The number of anilines is 1. The van der Waals surface area contributed by atoms with Crippen LogP contribution in [0.3, 0.4) is 0 Å². The van der Waals surface area contributed by atoms with E-state index in [0.29, 0.717) is 22.1 Å². The minimum atomic E-state index is -0.141. The molecule has 0 aliphatic rings. The van der Waals surface area contributed by atoms with Crippen LogP contribution >= 0.6 is 11.6 Å². The van der Waals surface area contributed by atoms with E-state index in [1.807, 2.05) is 56.3 Å². The lowest BCUT2D eigenvalue weighted by Gasteiger charge is -2.08. The molecule has 0 fully saturated rings. The van der Waals surface area contributed by atoms with Gasteiger partial charge >= 0.3 is 0 Å². The Balaban J connectivity index is 1.82. The zero-order valence-corrected chi connectivity index (χ0v) is 14.1. The summed E-state index contributed by atoms with van der Waals surface area (Å²) in [6.07, 6.45) is 0. The maximum Gasteiger partial charge on any atom is 0.255 e. The first-order valence-corrected chi connectivity index (χ1v) is 7.89. The molecule has 0 saturated heterocycles. The Hall–Kier alpha value is -2.72. The molecule has 1 amide bonds. The van der Waals surface area contributed by atoms with Crippen molar-refractivity contribution in [2.75, 3.05) is 5.32 Å². The van der Waals surface area contributed by atoms with Gasteiger partial charge in [0, 0.05) is 16.8 Å². The number of aromatic nitrogens is 2. The number of hydrogen-bond acceptors (Lipinski definition) is 3. The molecule has 0 radical (unpaired) electrons. The van der Waals surface area contributed by atoms with Gasteiger partial charge in [0.15, 0.2) is 5.15 Å². The topological polar surface area (TPSA) is 54.9 Å². The summed E-state index contributed by atoms with van der Waals surface area (Å²) in [5, 5.41) is 11.2. The van der Waals surface area contributed by atoms with Crippen molar-refractivity contribution in [2.45, 2.75) is 13.8 Å². The summed E-state index contributed by atoms with van der Waals surface area (Å²) < 4.78 is 0. The van der Waals surface area contributed by atoms with Gasteiger partial charge in [-0.2, -0.15) is 0 Å². The lowest BCUT2D eigenvalue weighted by atomic mass is 10.1. The second-order valence-corrected chi connectivity index (χ2v) is 5.96. The Labute approximate surface area is 145 Å². The Kier molecular flexibility index (Phi) is 4.58. The lowest BCUT2D eigenvalue weighted by Crippen LogP contribution is -2.12. The summed E-state index contributed by atoms with van der Waals surface area (Å²) in [6, 6.07) is 16.6. The van der Waals surface area contributed by atoms with Gasteiger partial charge in [0.25, 0.3) is 5.91 Å². The van der Waals surface area contributed by atoms with Crippen LogP contribution in [0.2, 0.25) is 5.15 Å². The average Bonchev–Trinajstić information content (AvgIpc) is 2.58. The fraction of sp³-hybridized carbons (Fsp3) is 0.105. The first-order chi connectivity index (χ1) is 11.5. The number of hydrogen-bond donors (Lipinski definition) is 1. The number of carbonyl (C=O) groups is 1. The molecule has 0 aliphatic heterocycles. The highest BCUT2D eigenvalue weighted by Gasteiger charge is 2.08. The van der Waals surface area contributed by atoms with E-state index in [4.69, 9.17) is 11.6 Å². The number of aryl methyl sites for hydroxylation is 2. The molecule has 3 rings (SSSR count). The zero-order valence-electron chi connectivity index (χ0n) is 13.4. The SMILES string of the molecule is Cc1ccc(C(=O)Nc2cccc(-c3ccc(Cl)nn3)c2)cc1C. The summed E-state index contributed by atoms with van der Waals surface area (Å²) in [4.78, 5) is 12.4. The molecule has 0 unspecified atom stereocenters. The molecule has 0 spiro atoms. The smallest absolute Gasteiger partial charge is 0.255 e. The van der Waals surface area contributed by atoms with Crippen LogP contribution in [0, 0.1) is 13.8 Å². The van der Waals surface area contributed by atoms with E-state index in [1.165, 1.54) is 0 Å². The number of benzene rings is 2. The predicted octanol–water partition coefficient (Wildman–Crippen LogP) is 4.67. The van der Waals surface area contributed by atoms with Gasteiger partial charge < -0.3 is 5.32 Å². The maximum absolute atomic E-state index is 12.4. The van der Waals surface area contributed by atoms with Crippen molar-refractivity contribution >= 4 is 23.2 Å². The zero-order chi connectivity index (χ0) is 17.1. The van der Waals surface area contributed by atoms with Crippen LogP contribution in [0.1, 0.15) is 21.5 Å². The molecule has 120 valence electrons. The first-order valence-electron chi connectivity index (χ1n) is 7.51. The molecule has 0 saturated carbocycles. The van der Waals surface area contributed by atoms with Crippen molar-refractivity contribution in [3.63, 3.8) is 0 Å². The van der Waals surface area contributed by atoms with Crippen LogP contribution in [-0.4, -0.2) is 16.1 Å². The highest BCUT2D eigenvalue weighted by atomic mass is 35.5. The first kappa shape index (κ1) is 16.1. The lowest BCUT2D eigenvalue weighted by molar-refractivity contribution is 0.102. The van der Waals surface area contributed by atoms with Crippen LogP contribution in [0.4, 0.5) is 5.69 Å². The van der Waals surface area contributed by atoms with Gasteiger partial charge in [-0.1, -0.05) is 29.8 Å². The van der Waals surface area contributed by atoms with Gasteiger partial charge in [-0.25, -0.2) is 0 Å². The third kappa shape index (κ3) is 3.60. The molecule has 3 aromatic rings. The Morgan fingerprint density at radius 3 is 2.50 bits per heavy atom. The maximum atomic E-state index is 12.4. The summed E-state index contributed by atoms with van der Waals surface area (Å²) in [5.74, 6) is -0.141. The van der Waals surface area contributed by atoms with Crippen LogP contribution in [0.15, 0.2) is 54.6 Å². The van der Waals surface area contributed by atoms with Gasteiger partial charge in [-0.05, 0) is 61.4 Å².